The van der Waals surface area contributed by atoms with Crippen molar-refractivity contribution in [2.24, 2.45) is 11.0 Å². The van der Waals surface area contributed by atoms with Crippen molar-refractivity contribution in [3.8, 4) is 0 Å². The van der Waals surface area contributed by atoms with Crippen LogP contribution >= 0.6 is 0 Å². The van der Waals surface area contributed by atoms with Crippen molar-refractivity contribution in [1.82, 2.24) is 5.01 Å². The van der Waals surface area contributed by atoms with Gasteiger partial charge in [0.05, 0.1) is 12.1 Å². The molecular weight excluding hydrogens is 285 g/mol. The highest BCUT2D eigenvalue weighted by Crippen LogP contribution is 2.41. The van der Waals surface area contributed by atoms with Crippen molar-refractivity contribution >= 4 is 11.6 Å². The molecule has 0 aromatic heterocycles. The van der Waals surface area contributed by atoms with Gasteiger partial charge in [0.1, 0.15) is 0 Å². The normalized spacial score (nSPS) is 22.6. The number of hydrogen-bond donors (Lipinski definition) is 1. The van der Waals surface area contributed by atoms with Crippen LogP contribution in [0, 0.1) is 5.92 Å². The summed E-state index contributed by atoms with van der Waals surface area (Å²) in [7, 11) is 0. The number of carbonyl (C=O) groups is 1. The Bertz CT molecular complexity index is 569. The molecule has 0 bridgehead atoms. The SMILES string of the molecule is CC(C)C(=O)N1N=C(c2ccccc2)CC1(O)C(F)(F)F. The third kappa shape index (κ3) is 2.65. The molecule has 0 radical (unpaired) electrons. The summed E-state index contributed by atoms with van der Waals surface area (Å²) in [6, 6.07) is 8.18. The van der Waals surface area contributed by atoms with E-state index in [1.807, 2.05) is 0 Å². The first-order valence-corrected chi connectivity index (χ1v) is 6.43. The molecule has 0 spiro atoms. The van der Waals surface area contributed by atoms with Crippen LogP contribution in [0.15, 0.2) is 35.4 Å². The highest BCUT2D eigenvalue weighted by Gasteiger charge is 2.63. The fourth-order valence-corrected chi connectivity index (χ4v) is 2.03. The monoisotopic (exact) mass is 300 g/mol. The van der Waals surface area contributed by atoms with Gasteiger partial charge in [-0.15, -0.1) is 0 Å². The lowest BCUT2D eigenvalue weighted by molar-refractivity contribution is -0.303. The molecule has 2 rings (SSSR count). The lowest BCUT2D eigenvalue weighted by atomic mass is 10.0. The van der Waals surface area contributed by atoms with E-state index in [0.29, 0.717) is 5.56 Å². The molecule has 1 aromatic rings. The Morgan fingerprint density at radius 2 is 1.90 bits per heavy atom. The Labute approximate surface area is 119 Å². The van der Waals surface area contributed by atoms with Crippen molar-refractivity contribution in [3.63, 3.8) is 0 Å². The van der Waals surface area contributed by atoms with E-state index in [4.69, 9.17) is 0 Å². The van der Waals surface area contributed by atoms with Crippen LogP contribution in [-0.2, 0) is 4.79 Å². The molecule has 1 atom stereocenters. The standard InChI is InChI=1S/C14H15F3N2O2/c1-9(2)12(20)19-13(21,14(15,16)17)8-11(18-19)10-6-4-3-5-7-10/h3-7,9,21H,8H2,1-2H3. The van der Waals surface area contributed by atoms with E-state index in [9.17, 15) is 23.1 Å². The number of rotatable bonds is 2. The number of hydrogen-bond acceptors (Lipinski definition) is 3. The van der Waals surface area contributed by atoms with E-state index in [2.05, 4.69) is 5.10 Å². The zero-order chi connectivity index (χ0) is 15.8. The first-order chi connectivity index (χ1) is 9.67. The average Bonchev–Trinajstić information content (AvgIpc) is 2.78. The van der Waals surface area contributed by atoms with E-state index in [1.54, 1.807) is 30.3 Å². The third-order valence-electron chi connectivity index (χ3n) is 3.25. The van der Waals surface area contributed by atoms with Gasteiger partial charge in [0, 0.05) is 5.92 Å². The summed E-state index contributed by atoms with van der Waals surface area (Å²) in [5.74, 6) is -1.58. The van der Waals surface area contributed by atoms with Crippen molar-refractivity contribution in [2.45, 2.75) is 32.2 Å². The molecular formula is C14H15F3N2O2. The zero-order valence-electron chi connectivity index (χ0n) is 11.6. The highest BCUT2D eigenvalue weighted by molar-refractivity contribution is 6.03. The molecule has 21 heavy (non-hydrogen) atoms. The fraction of sp³-hybridized carbons (Fsp3) is 0.429. The molecule has 0 saturated carbocycles. The number of nitrogens with zero attached hydrogens (tertiary/aromatic N) is 2. The van der Waals surface area contributed by atoms with Gasteiger partial charge in [-0.3, -0.25) is 4.79 Å². The van der Waals surface area contributed by atoms with E-state index in [0.717, 1.165) is 0 Å². The van der Waals surface area contributed by atoms with Crippen LogP contribution in [0.5, 0.6) is 0 Å². The van der Waals surface area contributed by atoms with E-state index in [1.165, 1.54) is 13.8 Å². The third-order valence-corrected chi connectivity index (χ3v) is 3.25. The molecule has 1 unspecified atom stereocenters. The number of hydrazone groups is 1. The minimum absolute atomic E-state index is 0.0319. The molecule has 0 aliphatic carbocycles. The summed E-state index contributed by atoms with van der Waals surface area (Å²) in [6.07, 6.45) is -5.77. The maximum absolute atomic E-state index is 13.2. The van der Waals surface area contributed by atoms with Crippen molar-refractivity contribution < 1.29 is 23.1 Å². The number of benzene rings is 1. The second-order valence-corrected chi connectivity index (χ2v) is 5.21. The van der Waals surface area contributed by atoms with E-state index in [-0.39, 0.29) is 10.7 Å². The summed E-state index contributed by atoms with van der Waals surface area (Å²) >= 11 is 0. The summed E-state index contributed by atoms with van der Waals surface area (Å²) < 4.78 is 39.6. The second-order valence-electron chi connectivity index (χ2n) is 5.21. The van der Waals surface area contributed by atoms with Gasteiger partial charge in [-0.1, -0.05) is 44.2 Å². The smallest absolute Gasteiger partial charge is 0.362 e. The van der Waals surface area contributed by atoms with E-state index < -0.39 is 30.1 Å². The number of alkyl halides is 3. The van der Waals surface area contributed by atoms with E-state index >= 15 is 0 Å². The van der Waals surface area contributed by atoms with Gasteiger partial charge in [-0.2, -0.15) is 23.3 Å². The maximum atomic E-state index is 13.2. The Morgan fingerprint density at radius 1 is 1.33 bits per heavy atom. The van der Waals surface area contributed by atoms with Gasteiger partial charge in [-0.05, 0) is 5.56 Å². The Morgan fingerprint density at radius 3 is 2.38 bits per heavy atom. The molecule has 1 amide bonds. The Hall–Kier alpha value is -1.89. The Balaban J connectivity index is 2.45. The average molecular weight is 300 g/mol. The van der Waals surface area contributed by atoms with Crippen LogP contribution in [0.2, 0.25) is 0 Å². The largest absolute Gasteiger partial charge is 0.438 e. The number of amides is 1. The zero-order valence-corrected chi connectivity index (χ0v) is 11.6. The predicted octanol–water partition coefficient (Wildman–Crippen LogP) is 2.53. The molecule has 1 aliphatic rings. The van der Waals surface area contributed by atoms with Crippen molar-refractivity contribution in [3.05, 3.63) is 35.9 Å². The van der Waals surface area contributed by atoms with Gasteiger partial charge in [0.2, 0.25) is 5.91 Å². The minimum Gasteiger partial charge on any atom is -0.362 e. The summed E-state index contributed by atoms with van der Waals surface area (Å²) in [5, 5.41) is 13.9. The predicted molar refractivity (Wildman–Crippen MR) is 70.3 cm³/mol. The van der Waals surface area contributed by atoms with Crippen LogP contribution in [0.3, 0.4) is 0 Å². The molecule has 1 N–H and O–H groups in total. The second kappa shape index (κ2) is 5.14. The summed E-state index contributed by atoms with van der Waals surface area (Å²) in [6.45, 7) is 2.91. The van der Waals surface area contributed by atoms with Gasteiger partial charge < -0.3 is 5.11 Å². The Kier molecular flexibility index (Phi) is 3.79. The summed E-state index contributed by atoms with van der Waals surface area (Å²) in [5.41, 5.74) is -2.82. The number of halogens is 3. The molecule has 114 valence electrons. The van der Waals surface area contributed by atoms with Crippen molar-refractivity contribution in [1.29, 1.82) is 0 Å². The lowest BCUT2D eigenvalue weighted by Crippen LogP contribution is -2.57. The van der Waals surface area contributed by atoms with Crippen LogP contribution < -0.4 is 0 Å². The maximum Gasteiger partial charge on any atom is 0.438 e. The lowest BCUT2D eigenvalue weighted by Gasteiger charge is -2.33. The number of carbonyl (C=O) groups excluding carboxylic acids is 1. The van der Waals surface area contributed by atoms with Crippen LogP contribution in [0.25, 0.3) is 0 Å². The first kappa shape index (κ1) is 15.5. The van der Waals surface area contributed by atoms with Crippen molar-refractivity contribution in [2.75, 3.05) is 0 Å². The van der Waals surface area contributed by atoms with Crippen LogP contribution in [0.4, 0.5) is 13.2 Å². The minimum atomic E-state index is -4.99. The molecule has 1 aromatic carbocycles. The quantitative estimate of drug-likeness (QED) is 0.912. The number of aliphatic hydroxyl groups is 1. The highest BCUT2D eigenvalue weighted by atomic mass is 19.4. The van der Waals surface area contributed by atoms with Gasteiger partial charge >= 0.3 is 6.18 Å². The molecule has 0 saturated heterocycles. The summed E-state index contributed by atoms with van der Waals surface area (Å²) in [4.78, 5) is 11.9. The van der Waals surface area contributed by atoms with Gasteiger partial charge in [0.25, 0.3) is 5.72 Å². The molecule has 0 fully saturated rings. The van der Waals surface area contributed by atoms with Gasteiger partial charge in [0.15, 0.2) is 0 Å². The molecule has 1 heterocycles. The molecule has 1 aliphatic heterocycles. The molecule has 7 heteroatoms. The van der Waals surface area contributed by atoms with Crippen LogP contribution in [0.1, 0.15) is 25.8 Å². The van der Waals surface area contributed by atoms with Gasteiger partial charge in [-0.25, -0.2) is 0 Å². The molecule has 4 nitrogen and oxygen atoms in total. The van der Waals surface area contributed by atoms with Crippen LogP contribution in [-0.4, -0.2) is 33.6 Å². The fourth-order valence-electron chi connectivity index (χ4n) is 2.03. The topological polar surface area (TPSA) is 52.9 Å². The first-order valence-electron chi connectivity index (χ1n) is 6.43.